The van der Waals surface area contributed by atoms with Gasteiger partial charge in [-0.3, -0.25) is 9.59 Å². The van der Waals surface area contributed by atoms with Gasteiger partial charge in [-0.2, -0.15) is 0 Å². The number of aromatic nitrogens is 4. The first-order valence-electron chi connectivity index (χ1n) is 23.7. The summed E-state index contributed by atoms with van der Waals surface area (Å²) in [7, 11) is 2.61. The van der Waals surface area contributed by atoms with E-state index < -0.39 is 24.3 Å². The number of H-pyrrole nitrogens is 2. The third kappa shape index (κ3) is 8.57. The fourth-order valence-corrected chi connectivity index (χ4v) is 11.0. The molecule has 2 aliphatic heterocycles. The molecular weight excluding hydrogens is 833 g/mol. The largest absolute Gasteiger partial charge is 0.453 e. The Labute approximate surface area is 386 Å². The van der Waals surface area contributed by atoms with Crippen LogP contribution in [0.3, 0.4) is 0 Å². The second-order valence-electron chi connectivity index (χ2n) is 19.2. The number of fused-ring (bicyclic) bond motifs is 2. The van der Waals surface area contributed by atoms with Crippen molar-refractivity contribution < 1.29 is 28.7 Å². The molecule has 4 heterocycles. The number of hydrogen-bond acceptors (Lipinski definition) is 8. The molecule has 346 valence electrons. The number of methoxy groups -OCH3 is 2. The summed E-state index contributed by atoms with van der Waals surface area (Å²) in [5, 5.41) is 5.45. The van der Waals surface area contributed by atoms with Gasteiger partial charge in [0.1, 0.15) is 23.7 Å². The molecule has 3 aliphatic carbocycles. The summed E-state index contributed by atoms with van der Waals surface area (Å²) in [4.78, 5) is 71.8. The van der Waals surface area contributed by atoms with E-state index in [1.807, 2.05) is 49.9 Å². The standard InChI is InChI=1S/C52H62N8O6/c1-29(2)45(57-51(63)65-5)49(61)59-25-7-9-41(59)47-53-27-39(55-47)33-15-11-31(12-16-33)37-23-24-38(44-36-21-19-35(20-22-36)43(37)44)32-13-17-34(18-14-32)40-28-54-48(56-40)42-10-8-26-60(42)50(62)46(30(3)4)58-52(64)66-6/h11-18,23-24,27-30,35-36,41-42,45-46H,7-10,19-22,25-26H2,1-6H3,(H,53,55)(H,54,56)(H,57,63)(H,58,64)/t35?,36?,41-,42-,45-,46-/m0/s1. The summed E-state index contributed by atoms with van der Waals surface area (Å²) in [6, 6.07) is 20.4. The maximum atomic E-state index is 13.7. The number of nitrogens with one attached hydrogen (secondary N) is 4. The van der Waals surface area contributed by atoms with Crippen LogP contribution < -0.4 is 10.6 Å². The van der Waals surface area contributed by atoms with Crippen LogP contribution in [0.5, 0.6) is 0 Å². The van der Waals surface area contributed by atoms with Crippen molar-refractivity contribution in [1.82, 2.24) is 40.4 Å². The molecule has 66 heavy (non-hydrogen) atoms. The van der Waals surface area contributed by atoms with Crippen molar-refractivity contribution in [3.8, 4) is 44.8 Å². The van der Waals surface area contributed by atoms with Crippen LogP contribution in [-0.4, -0.2) is 93.1 Å². The lowest BCUT2D eigenvalue weighted by atomic mass is 9.63. The first-order chi connectivity index (χ1) is 31.9. The Morgan fingerprint density at radius 2 is 0.924 bits per heavy atom. The summed E-state index contributed by atoms with van der Waals surface area (Å²) in [6.45, 7) is 8.88. The molecule has 0 radical (unpaired) electrons. The molecule has 14 nitrogen and oxygen atoms in total. The van der Waals surface area contributed by atoms with Crippen molar-refractivity contribution in [2.75, 3.05) is 27.3 Å². The predicted molar refractivity (Wildman–Crippen MR) is 252 cm³/mol. The third-order valence-electron chi connectivity index (χ3n) is 14.5. The number of nitrogens with zero attached hydrogens (tertiary/aromatic N) is 4. The molecule has 5 aromatic rings. The van der Waals surface area contributed by atoms with Crippen LogP contribution in [-0.2, 0) is 19.1 Å². The van der Waals surface area contributed by atoms with Gasteiger partial charge in [-0.25, -0.2) is 19.6 Å². The molecular formula is C52H62N8O6. The Morgan fingerprint density at radius 1 is 0.561 bits per heavy atom. The van der Waals surface area contributed by atoms with E-state index in [-0.39, 0.29) is 35.7 Å². The maximum Gasteiger partial charge on any atom is 0.407 e. The second kappa shape index (κ2) is 18.8. The molecule has 3 fully saturated rings. The molecule has 2 bridgehead atoms. The number of rotatable bonds is 12. The van der Waals surface area contributed by atoms with Gasteiger partial charge in [0.2, 0.25) is 11.8 Å². The zero-order valence-corrected chi connectivity index (χ0v) is 38.9. The van der Waals surface area contributed by atoms with Crippen LogP contribution in [0, 0.1) is 11.8 Å². The molecule has 2 saturated heterocycles. The van der Waals surface area contributed by atoms with Gasteiger partial charge in [-0.05, 0) is 120 Å². The fourth-order valence-electron chi connectivity index (χ4n) is 11.0. The maximum absolute atomic E-state index is 13.7. The number of likely N-dealkylation sites (tertiary alicyclic amines) is 2. The van der Waals surface area contributed by atoms with Crippen LogP contribution in [0.2, 0.25) is 0 Å². The number of benzene rings is 3. The van der Waals surface area contributed by atoms with Gasteiger partial charge in [0, 0.05) is 13.1 Å². The summed E-state index contributed by atoms with van der Waals surface area (Å²) in [5.74, 6) is 2.11. The van der Waals surface area contributed by atoms with E-state index in [0.717, 1.165) is 59.8 Å². The minimum atomic E-state index is -0.683. The van der Waals surface area contributed by atoms with Crippen LogP contribution in [0.15, 0.2) is 73.1 Å². The SMILES string of the molecule is COC(=O)N[C@H](C(=O)N1CCC[C@H]1c1ncc(-c2ccc(-c3ccc(-c4ccc(-c5cnc([C@@H]6CCCN6C(=O)[C@@H](NC(=O)OC)C(C)C)[nH]5)cc4)c4c3C3CCC4CC3)cc2)[nH]1)C(C)C. The second-order valence-corrected chi connectivity index (χ2v) is 19.2. The van der Waals surface area contributed by atoms with Crippen molar-refractivity contribution in [2.45, 2.75) is 115 Å². The zero-order chi connectivity index (χ0) is 46.2. The molecule has 3 aromatic carbocycles. The van der Waals surface area contributed by atoms with E-state index in [4.69, 9.17) is 19.4 Å². The fraction of sp³-hybridized carbons (Fsp3) is 0.462. The lowest BCUT2D eigenvalue weighted by Gasteiger charge is -2.41. The first-order valence-corrected chi connectivity index (χ1v) is 23.7. The Kier molecular flexibility index (Phi) is 12.8. The Hall–Kier alpha value is -6.44. The summed E-state index contributed by atoms with van der Waals surface area (Å²) >= 11 is 0. The highest BCUT2D eigenvalue weighted by Gasteiger charge is 2.40. The average Bonchev–Trinajstić information content (AvgIpc) is 4.20. The van der Waals surface area contributed by atoms with E-state index >= 15 is 0 Å². The Bertz CT molecular complexity index is 2400. The minimum absolute atomic E-state index is 0.101. The molecule has 4 N–H and O–H groups in total. The molecule has 5 aliphatic rings. The van der Waals surface area contributed by atoms with Crippen molar-refractivity contribution in [3.63, 3.8) is 0 Å². The summed E-state index contributed by atoms with van der Waals surface area (Å²) < 4.78 is 9.60. The molecule has 10 rings (SSSR count). The van der Waals surface area contributed by atoms with Crippen molar-refractivity contribution in [1.29, 1.82) is 0 Å². The number of hydrogen-bond donors (Lipinski definition) is 4. The van der Waals surface area contributed by atoms with Gasteiger partial charge in [0.25, 0.3) is 0 Å². The molecule has 4 amide bonds. The number of carbonyl (C=O) groups is 4. The van der Waals surface area contributed by atoms with Crippen molar-refractivity contribution in [2.24, 2.45) is 11.8 Å². The van der Waals surface area contributed by atoms with Gasteiger partial charge in [0.15, 0.2) is 0 Å². The quantitative estimate of drug-likeness (QED) is 0.0958. The van der Waals surface area contributed by atoms with Gasteiger partial charge >= 0.3 is 12.2 Å². The van der Waals surface area contributed by atoms with E-state index in [1.54, 1.807) is 0 Å². The molecule has 0 unspecified atom stereocenters. The van der Waals surface area contributed by atoms with E-state index in [1.165, 1.54) is 73.3 Å². The van der Waals surface area contributed by atoms with Crippen LogP contribution >= 0.6 is 0 Å². The average molecular weight is 895 g/mol. The number of aromatic amines is 2. The topological polar surface area (TPSA) is 175 Å². The number of alkyl carbamates (subject to hydrolysis) is 2. The van der Waals surface area contributed by atoms with Crippen molar-refractivity contribution in [3.05, 3.63) is 95.8 Å². The van der Waals surface area contributed by atoms with Gasteiger partial charge < -0.3 is 39.9 Å². The third-order valence-corrected chi connectivity index (χ3v) is 14.5. The number of ether oxygens (including phenoxy) is 2. The number of amides is 4. The first kappa shape index (κ1) is 44.7. The predicted octanol–water partition coefficient (Wildman–Crippen LogP) is 9.64. The Balaban J connectivity index is 0.923. The van der Waals surface area contributed by atoms with Crippen molar-refractivity contribution >= 4 is 24.0 Å². The normalized spacial score (nSPS) is 20.9. The highest BCUT2D eigenvalue weighted by atomic mass is 16.5. The van der Waals surface area contributed by atoms with Gasteiger partial charge in [-0.15, -0.1) is 0 Å². The van der Waals surface area contributed by atoms with Crippen LogP contribution in [0.1, 0.15) is 126 Å². The van der Waals surface area contributed by atoms with Gasteiger partial charge in [0.05, 0.1) is 50.1 Å². The minimum Gasteiger partial charge on any atom is -0.453 e. The van der Waals surface area contributed by atoms with Gasteiger partial charge in [-0.1, -0.05) is 88.4 Å². The smallest absolute Gasteiger partial charge is 0.407 e. The summed E-state index contributed by atoms with van der Waals surface area (Å²) in [6.07, 6.45) is 10.6. The van der Waals surface area contributed by atoms with Crippen LogP contribution in [0.4, 0.5) is 9.59 Å². The molecule has 2 aromatic heterocycles. The number of imidazole rings is 2. The molecule has 1 saturated carbocycles. The van der Waals surface area contributed by atoms with Crippen LogP contribution in [0.25, 0.3) is 44.8 Å². The lowest BCUT2D eigenvalue weighted by molar-refractivity contribution is -0.136. The lowest BCUT2D eigenvalue weighted by Crippen LogP contribution is -2.51. The number of carbonyl (C=O) groups excluding carboxylic acids is 4. The summed E-state index contributed by atoms with van der Waals surface area (Å²) in [5.41, 5.74) is 11.9. The highest BCUT2D eigenvalue weighted by molar-refractivity contribution is 5.87. The molecule has 14 heteroatoms. The van der Waals surface area contributed by atoms with E-state index in [0.29, 0.717) is 24.9 Å². The van der Waals surface area contributed by atoms with E-state index in [2.05, 4.69) is 81.3 Å². The zero-order valence-electron chi connectivity index (χ0n) is 38.9. The monoisotopic (exact) mass is 894 g/mol. The van der Waals surface area contributed by atoms with E-state index in [9.17, 15) is 19.2 Å². The highest BCUT2D eigenvalue weighted by Crippen LogP contribution is 2.55. The molecule has 4 atom stereocenters. The molecule has 0 spiro atoms. The Morgan fingerprint density at radius 3 is 1.27 bits per heavy atom.